The number of benzene rings is 1. The second-order valence-electron chi connectivity index (χ2n) is 4.53. The van der Waals surface area contributed by atoms with Gasteiger partial charge in [0.15, 0.2) is 11.6 Å². The molecule has 3 unspecified atom stereocenters. The van der Waals surface area contributed by atoms with Crippen molar-refractivity contribution < 1.29 is 27.1 Å². The maximum Gasteiger partial charge on any atom is 0.246 e. The molecule has 0 bridgehead atoms. The molecule has 0 aromatic heterocycles. The molecule has 1 aliphatic rings. The first kappa shape index (κ1) is 15.6. The molecule has 3 atom stereocenters. The second-order valence-corrected chi connectivity index (χ2v) is 6.33. The highest BCUT2D eigenvalue weighted by Crippen LogP contribution is 2.22. The fourth-order valence-corrected chi connectivity index (χ4v) is 3.61. The van der Waals surface area contributed by atoms with Crippen molar-refractivity contribution in [1.29, 1.82) is 0 Å². The third-order valence-electron chi connectivity index (χ3n) is 2.95. The highest BCUT2D eigenvalue weighted by Gasteiger charge is 2.42. The van der Waals surface area contributed by atoms with Gasteiger partial charge in [-0.05, 0) is 19.1 Å². The Morgan fingerprint density at radius 3 is 2.38 bits per heavy atom. The number of nitrogens with one attached hydrogen (secondary N) is 3. The van der Waals surface area contributed by atoms with Gasteiger partial charge in [-0.1, -0.05) is 6.07 Å². The Bertz CT molecular complexity index is 647. The van der Waals surface area contributed by atoms with E-state index in [-0.39, 0.29) is 0 Å². The summed E-state index contributed by atoms with van der Waals surface area (Å²) >= 11 is 0. The van der Waals surface area contributed by atoms with Gasteiger partial charge in [-0.2, -0.15) is 0 Å². The smallest absolute Gasteiger partial charge is 0.246 e. The van der Waals surface area contributed by atoms with E-state index in [0.29, 0.717) is 0 Å². The van der Waals surface area contributed by atoms with Crippen LogP contribution in [0.25, 0.3) is 0 Å². The summed E-state index contributed by atoms with van der Waals surface area (Å²) in [6, 6.07) is 1.89. The number of carbonyl (C=O) groups is 1. The standard InChI is InChI=1S/C11H13F2N3O4S/c1-5-9(10(17)15-11(18)14-5)21(19,20)16-8-6(12)3-2-4-7(8)13/h2-5,9,11,14,16,18H,1H3,(H,15,17). The van der Waals surface area contributed by atoms with Crippen molar-refractivity contribution in [2.45, 2.75) is 24.6 Å². The van der Waals surface area contributed by atoms with Crippen molar-refractivity contribution in [1.82, 2.24) is 10.6 Å². The van der Waals surface area contributed by atoms with E-state index in [1.54, 1.807) is 4.72 Å². The summed E-state index contributed by atoms with van der Waals surface area (Å²) in [5.41, 5.74) is -0.858. The van der Waals surface area contributed by atoms with Crippen LogP contribution in [0, 0.1) is 11.6 Å². The van der Waals surface area contributed by atoms with E-state index in [9.17, 15) is 27.1 Å². The molecule has 1 heterocycles. The predicted octanol–water partition coefficient (Wildman–Crippen LogP) is -0.541. The first-order valence-electron chi connectivity index (χ1n) is 5.92. The van der Waals surface area contributed by atoms with Crippen LogP contribution >= 0.6 is 0 Å². The van der Waals surface area contributed by atoms with Gasteiger partial charge < -0.3 is 10.4 Å². The van der Waals surface area contributed by atoms with Crippen molar-refractivity contribution >= 4 is 21.6 Å². The average Bonchev–Trinajstić information content (AvgIpc) is 2.32. The van der Waals surface area contributed by atoms with E-state index < -0.39 is 50.9 Å². The summed E-state index contributed by atoms with van der Waals surface area (Å²) in [7, 11) is -4.42. The van der Waals surface area contributed by atoms with Crippen LogP contribution in [0.2, 0.25) is 0 Å². The Hall–Kier alpha value is -1.78. The van der Waals surface area contributed by atoms with Gasteiger partial charge in [0.2, 0.25) is 15.9 Å². The number of aliphatic hydroxyl groups excluding tert-OH is 1. The number of carbonyl (C=O) groups excluding carboxylic acids is 1. The molecule has 1 aromatic rings. The average molecular weight is 321 g/mol. The number of rotatable bonds is 3. The molecule has 1 aromatic carbocycles. The van der Waals surface area contributed by atoms with Crippen molar-refractivity contribution in [3.8, 4) is 0 Å². The number of anilines is 1. The molecule has 0 spiro atoms. The lowest BCUT2D eigenvalue weighted by Gasteiger charge is -2.32. The maximum absolute atomic E-state index is 13.5. The number of halogens is 2. The van der Waals surface area contributed by atoms with E-state index in [0.717, 1.165) is 18.2 Å². The van der Waals surface area contributed by atoms with E-state index >= 15 is 0 Å². The van der Waals surface area contributed by atoms with Gasteiger partial charge in [0.05, 0.1) is 0 Å². The zero-order valence-corrected chi connectivity index (χ0v) is 11.6. The number of sulfonamides is 1. The minimum atomic E-state index is -4.42. The Morgan fingerprint density at radius 1 is 1.29 bits per heavy atom. The summed E-state index contributed by atoms with van der Waals surface area (Å²) < 4.78 is 53.0. The first-order valence-corrected chi connectivity index (χ1v) is 7.47. The quantitative estimate of drug-likeness (QED) is 0.598. The molecule has 0 aliphatic carbocycles. The molecule has 0 radical (unpaired) electrons. The highest BCUT2D eigenvalue weighted by molar-refractivity contribution is 7.94. The first-order chi connectivity index (χ1) is 9.72. The second kappa shape index (κ2) is 5.54. The molecule has 1 fully saturated rings. The third kappa shape index (κ3) is 3.12. The molecule has 7 nitrogen and oxygen atoms in total. The van der Waals surface area contributed by atoms with Crippen LogP contribution in [0.5, 0.6) is 0 Å². The van der Waals surface area contributed by atoms with E-state index in [2.05, 4.69) is 5.32 Å². The molecule has 1 aliphatic heterocycles. The molecule has 1 saturated heterocycles. The maximum atomic E-state index is 13.5. The fraction of sp³-hybridized carbons (Fsp3) is 0.364. The lowest BCUT2D eigenvalue weighted by Crippen LogP contribution is -2.65. The van der Waals surface area contributed by atoms with Crippen LogP contribution in [0.1, 0.15) is 6.92 Å². The minimum absolute atomic E-state index is 0.858. The van der Waals surface area contributed by atoms with Gasteiger partial charge in [0, 0.05) is 6.04 Å². The lowest BCUT2D eigenvalue weighted by molar-refractivity contribution is -0.127. The van der Waals surface area contributed by atoms with Gasteiger partial charge in [-0.3, -0.25) is 14.8 Å². The number of para-hydroxylation sites is 1. The monoisotopic (exact) mass is 321 g/mol. The number of aliphatic hydroxyl groups is 1. The number of hydrogen-bond donors (Lipinski definition) is 4. The largest absolute Gasteiger partial charge is 0.361 e. The van der Waals surface area contributed by atoms with Gasteiger partial charge in [0.1, 0.15) is 17.3 Å². The van der Waals surface area contributed by atoms with Crippen LogP contribution in [-0.4, -0.2) is 37.1 Å². The predicted molar refractivity (Wildman–Crippen MR) is 69.4 cm³/mol. The molecular formula is C11H13F2N3O4S. The normalized spacial score (nSPS) is 26.3. The minimum Gasteiger partial charge on any atom is -0.361 e. The SMILES string of the molecule is CC1NC(O)NC(=O)C1S(=O)(=O)Nc1c(F)cccc1F. The highest BCUT2D eigenvalue weighted by atomic mass is 32.2. The summed E-state index contributed by atoms with van der Waals surface area (Å²) in [6.45, 7) is 1.35. The Balaban J connectivity index is 2.32. The van der Waals surface area contributed by atoms with Crippen LogP contribution in [0.3, 0.4) is 0 Å². The number of amides is 1. The Morgan fingerprint density at radius 2 is 1.86 bits per heavy atom. The molecule has 2 rings (SSSR count). The molecule has 21 heavy (non-hydrogen) atoms. The van der Waals surface area contributed by atoms with Crippen molar-refractivity contribution in [3.05, 3.63) is 29.8 Å². The summed E-state index contributed by atoms with van der Waals surface area (Å²) in [5.74, 6) is -3.18. The van der Waals surface area contributed by atoms with E-state index in [1.807, 2.05) is 5.32 Å². The topological polar surface area (TPSA) is 108 Å². The molecular weight excluding hydrogens is 308 g/mol. The summed E-state index contributed by atoms with van der Waals surface area (Å²) in [6.07, 6.45) is -1.39. The number of hydrogen-bond acceptors (Lipinski definition) is 5. The summed E-state index contributed by atoms with van der Waals surface area (Å²) in [5, 5.41) is 12.0. The molecule has 4 N–H and O–H groups in total. The van der Waals surface area contributed by atoms with Crippen LogP contribution < -0.4 is 15.4 Å². The molecule has 1 amide bonds. The van der Waals surface area contributed by atoms with Crippen LogP contribution in [-0.2, 0) is 14.8 Å². The third-order valence-corrected chi connectivity index (χ3v) is 4.73. The van der Waals surface area contributed by atoms with Crippen LogP contribution in [0.4, 0.5) is 14.5 Å². The molecule has 116 valence electrons. The fourth-order valence-electron chi connectivity index (χ4n) is 2.03. The van der Waals surface area contributed by atoms with Crippen molar-refractivity contribution in [2.24, 2.45) is 0 Å². The van der Waals surface area contributed by atoms with Gasteiger partial charge in [0.25, 0.3) is 0 Å². The van der Waals surface area contributed by atoms with E-state index in [1.165, 1.54) is 6.92 Å². The summed E-state index contributed by atoms with van der Waals surface area (Å²) in [4.78, 5) is 11.7. The van der Waals surface area contributed by atoms with Gasteiger partial charge >= 0.3 is 0 Å². The molecule has 10 heteroatoms. The van der Waals surface area contributed by atoms with E-state index in [4.69, 9.17) is 0 Å². The Labute approximate surface area is 119 Å². The van der Waals surface area contributed by atoms with Crippen molar-refractivity contribution in [2.75, 3.05) is 4.72 Å². The zero-order chi connectivity index (χ0) is 15.8. The van der Waals surface area contributed by atoms with Crippen molar-refractivity contribution in [3.63, 3.8) is 0 Å². The van der Waals surface area contributed by atoms with Gasteiger partial charge in [-0.15, -0.1) is 0 Å². The van der Waals surface area contributed by atoms with Crippen LogP contribution in [0.15, 0.2) is 18.2 Å². The Kier molecular flexibility index (Phi) is 4.12. The molecule has 0 saturated carbocycles. The lowest BCUT2D eigenvalue weighted by atomic mass is 10.2. The van der Waals surface area contributed by atoms with Gasteiger partial charge in [-0.25, -0.2) is 17.2 Å². The zero-order valence-electron chi connectivity index (χ0n) is 10.8.